The predicted molar refractivity (Wildman–Crippen MR) is 46.4 cm³/mol. The first-order valence-corrected chi connectivity index (χ1v) is 4.31. The van der Waals surface area contributed by atoms with Gasteiger partial charge in [0, 0.05) is 24.3 Å². The van der Waals surface area contributed by atoms with Crippen molar-refractivity contribution >= 4 is 0 Å². The molecule has 0 radical (unpaired) electrons. The Labute approximate surface area is 80.2 Å². The van der Waals surface area contributed by atoms with Gasteiger partial charge >= 0.3 is 0 Å². The fourth-order valence-electron chi connectivity index (χ4n) is 1.36. The van der Waals surface area contributed by atoms with Gasteiger partial charge in [-0.05, 0) is 12.3 Å². The van der Waals surface area contributed by atoms with Crippen molar-refractivity contribution in [1.82, 2.24) is 0 Å². The summed E-state index contributed by atoms with van der Waals surface area (Å²) < 4.78 is 38.8. The zero-order chi connectivity index (χ0) is 10.7. The largest absolute Gasteiger partial charge is 0.396 e. The number of aliphatic hydroxyl groups is 1. The molecule has 1 aromatic carbocycles. The van der Waals surface area contributed by atoms with Crippen molar-refractivity contribution in [3.63, 3.8) is 0 Å². The maximum Gasteiger partial charge on any atom is 0.132 e. The SMILES string of the molecule is CC(CCO)c1c(F)cc(F)cc1F. The van der Waals surface area contributed by atoms with Crippen molar-refractivity contribution in [2.75, 3.05) is 6.61 Å². The lowest BCUT2D eigenvalue weighted by atomic mass is 9.97. The molecule has 0 spiro atoms. The van der Waals surface area contributed by atoms with Crippen LogP contribution in [0.2, 0.25) is 0 Å². The van der Waals surface area contributed by atoms with E-state index in [0.29, 0.717) is 12.1 Å². The number of hydrogen-bond acceptors (Lipinski definition) is 1. The van der Waals surface area contributed by atoms with Crippen molar-refractivity contribution in [2.24, 2.45) is 0 Å². The molecule has 0 saturated heterocycles. The number of aliphatic hydroxyl groups excluding tert-OH is 1. The molecule has 1 nitrogen and oxygen atoms in total. The summed E-state index contributed by atoms with van der Waals surface area (Å²) in [7, 11) is 0. The molecule has 0 fully saturated rings. The van der Waals surface area contributed by atoms with E-state index in [9.17, 15) is 13.2 Å². The highest BCUT2D eigenvalue weighted by molar-refractivity contribution is 5.24. The Morgan fingerprint density at radius 3 is 2.14 bits per heavy atom. The topological polar surface area (TPSA) is 20.2 Å². The van der Waals surface area contributed by atoms with Crippen LogP contribution in [-0.2, 0) is 0 Å². The van der Waals surface area contributed by atoms with Gasteiger partial charge in [0.15, 0.2) is 0 Å². The molecular weight excluding hydrogens is 193 g/mol. The second-order valence-electron chi connectivity index (χ2n) is 3.20. The molecule has 0 aliphatic carbocycles. The lowest BCUT2D eigenvalue weighted by molar-refractivity contribution is 0.276. The molecule has 78 valence electrons. The first kappa shape index (κ1) is 11.0. The smallest absolute Gasteiger partial charge is 0.132 e. The third kappa shape index (κ3) is 2.26. The highest BCUT2D eigenvalue weighted by Gasteiger charge is 2.17. The van der Waals surface area contributed by atoms with Crippen LogP contribution in [0.1, 0.15) is 24.8 Å². The van der Waals surface area contributed by atoms with Crippen molar-refractivity contribution in [3.05, 3.63) is 35.1 Å². The Balaban J connectivity index is 3.07. The Kier molecular flexibility index (Phi) is 3.52. The molecule has 1 atom stereocenters. The minimum Gasteiger partial charge on any atom is -0.396 e. The monoisotopic (exact) mass is 204 g/mol. The van der Waals surface area contributed by atoms with Crippen LogP contribution in [0.5, 0.6) is 0 Å². The van der Waals surface area contributed by atoms with E-state index in [1.807, 2.05) is 0 Å². The van der Waals surface area contributed by atoms with E-state index < -0.39 is 23.4 Å². The summed E-state index contributed by atoms with van der Waals surface area (Å²) >= 11 is 0. The molecule has 0 amide bonds. The average molecular weight is 204 g/mol. The van der Waals surface area contributed by atoms with E-state index in [-0.39, 0.29) is 18.6 Å². The molecular formula is C10H11F3O. The predicted octanol–water partition coefficient (Wildman–Crippen LogP) is 2.59. The Morgan fingerprint density at radius 1 is 1.21 bits per heavy atom. The number of halogens is 3. The fraction of sp³-hybridized carbons (Fsp3) is 0.400. The summed E-state index contributed by atoms with van der Waals surface area (Å²) in [6.07, 6.45) is 0.249. The number of benzene rings is 1. The van der Waals surface area contributed by atoms with Crippen LogP contribution in [0.3, 0.4) is 0 Å². The van der Waals surface area contributed by atoms with Gasteiger partial charge in [0.05, 0.1) is 0 Å². The Hall–Kier alpha value is -1.03. The van der Waals surface area contributed by atoms with E-state index >= 15 is 0 Å². The summed E-state index contributed by atoms with van der Waals surface area (Å²) in [4.78, 5) is 0. The molecule has 0 bridgehead atoms. The van der Waals surface area contributed by atoms with Gasteiger partial charge < -0.3 is 5.11 Å². The number of hydrogen-bond donors (Lipinski definition) is 1. The summed E-state index contributed by atoms with van der Waals surface area (Å²) in [5.41, 5.74) is -0.166. The standard InChI is InChI=1S/C10H11F3O/c1-6(2-3-14)10-8(12)4-7(11)5-9(10)13/h4-6,14H,2-3H2,1H3. The molecule has 4 heteroatoms. The van der Waals surface area contributed by atoms with Gasteiger partial charge in [-0.3, -0.25) is 0 Å². The molecule has 14 heavy (non-hydrogen) atoms. The van der Waals surface area contributed by atoms with E-state index in [1.165, 1.54) is 0 Å². The zero-order valence-corrected chi connectivity index (χ0v) is 7.73. The number of rotatable bonds is 3. The van der Waals surface area contributed by atoms with Crippen LogP contribution in [0.25, 0.3) is 0 Å². The molecule has 0 saturated carbocycles. The van der Waals surface area contributed by atoms with E-state index in [2.05, 4.69) is 0 Å². The average Bonchev–Trinajstić information content (AvgIpc) is 2.01. The molecule has 0 aliphatic heterocycles. The first-order valence-electron chi connectivity index (χ1n) is 4.31. The summed E-state index contributed by atoms with van der Waals surface area (Å²) in [6.45, 7) is 1.42. The normalized spacial score (nSPS) is 12.9. The van der Waals surface area contributed by atoms with Crippen LogP contribution >= 0.6 is 0 Å². The van der Waals surface area contributed by atoms with Gasteiger partial charge in [0.2, 0.25) is 0 Å². The summed E-state index contributed by atoms with van der Waals surface area (Å²) in [5, 5.41) is 8.62. The fourth-order valence-corrected chi connectivity index (χ4v) is 1.36. The van der Waals surface area contributed by atoms with Crippen molar-refractivity contribution in [3.8, 4) is 0 Å². The summed E-state index contributed by atoms with van der Waals surface area (Å²) in [6, 6.07) is 1.29. The van der Waals surface area contributed by atoms with Crippen LogP contribution < -0.4 is 0 Å². The lowest BCUT2D eigenvalue weighted by Crippen LogP contribution is -2.04. The van der Waals surface area contributed by atoms with E-state index in [1.54, 1.807) is 6.92 Å². The molecule has 0 aliphatic rings. The highest BCUT2D eigenvalue weighted by Crippen LogP contribution is 2.25. The van der Waals surface area contributed by atoms with Crippen molar-refractivity contribution < 1.29 is 18.3 Å². The highest BCUT2D eigenvalue weighted by atomic mass is 19.1. The first-order chi connectivity index (χ1) is 6.56. The van der Waals surface area contributed by atoms with Gasteiger partial charge in [-0.2, -0.15) is 0 Å². The Morgan fingerprint density at radius 2 is 1.71 bits per heavy atom. The minimum absolute atomic E-state index is 0.155. The molecule has 1 aromatic rings. The van der Waals surface area contributed by atoms with Crippen LogP contribution in [0, 0.1) is 17.5 Å². The van der Waals surface area contributed by atoms with Gasteiger partial charge in [-0.25, -0.2) is 13.2 Å². The van der Waals surface area contributed by atoms with Crippen molar-refractivity contribution in [2.45, 2.75) is 19.3 Å². The third-order valence-electron chi connectivity index (χ3n) is 2.10. The summed E-state index contributed by atoms with van der Waals surface area (Å²) in [5.74, 6) is -3.19. The zero-order valence-electron chi connectivity index (χ0n) is 7.73. The molecule has 0 aromatic heterocycles. The van der Waals surface area contributed by atoms with E-state index in [4.69, 9.17) is 5.11 Å². The van der Waals surface area contributed by atoms with Crippen LogP contribution in [0.4, 0.5) is 13.2 Å². The quantitative estimate of drug-likeness (QED) is 0.802. The Bertz CT molecular complexity index is 302. The molecule has 0 heterocycles. The van der Waals surface area contributed by atoms with Gasteiger partial charge in [-0.15, -0.1) is 0 Å². The lowest BCUT2D eigenvalue weighted by Gasteiger charge is -2.12. The molecule has 1 unspecified atom stereocenters. The maximum absolute atomic E-state index is 13.1. The van der Waals surface area contributed by atoms with Gasteiger partial charge in [0.25, 0.3) is 0 Å². The van der Waals surface area contributed by atoms with Crippen molar-refractivity contribution in [1.29, 1.82) is 0 Å². The van der Waals surface area contributed by atoms with E-state index in [0.717, 1.165) is 0 Å². The van der Waals surface area contributed by atoms with Gasteiger partial charge in [-0.1, -0.05) is 6.92 Å². The maximum atomic E-state index is 13.1. The third-order valence-corrected chi connectivity index (χ3v) is 2.10. The second kappa shape index (κ2) is 4.46. The minimum atomic E-state index is -0.931. The van der Waals surface area contributed by atoms with Crippen LogP contribution in [-0.4, -0.2) is 11.7 Å². The van der Waals surface area contributed by atoms with Crippen LogP contribution in [0.15, 0.2) is 12.1 Å². The van der Waals surface area contributed by atoms with Gasteiger partial charge in [0.1, 0.15) is 17.5 Å². The molecule has 1 rings (SSSR count). The second-order valence-corrected chi connectivity index (χ2v) is 3.20. The molecule has 1 N–H and O–H groups in total.